The number of benzene rings is 1. The number of carbonyl (C=O) groups is 2. The smallest absolute Gasteiger partial charge is 0.223 e. The van der Waals surface area contributed by atoms with Crippen molar-refractivity contribution in [2.24, 2.45) is 0 Å². The van der Waals surface area contributed by atoms with Crippen LogP contribution in [-0.2, 0) is 17.6 Å². The van der Waals surface area contributed by atoms with Crippen LogP contribution in [0, 0.1) is 0 Å². The summed E-state index contributed by atoms with van der Waals surface area (Å²) in [7, 11) is 0. The molecule has 1 N–H and O–H groups in total. The van der Waals surface area contributed by atoms with E-state index < -0.39 is 0 Å². The van der Waals surface area contributed by atoms with E-state index in [1.54, 1.807) is 0 Å². The van der Waals surface area contributed by atoms with Gasteiger partial charge in [-0.2, -0.15) is 0 Å². The summed E-state index contributed by atoms with van der Waals surface area (Å²) in [6.45, 7) is 3.38. The number of amides is 1. The number of rotatable bonds is 4. The fraction of sp³-hybridized carbons (Fsp3) is 0.579. The van der Waals surface area contributed by atoms with Crippen LogP contribution in [0.1, 0.15) is 53.6 Å². The lowest BCUT2D eigenvalue weighted by molar-refractivity contribution is -0.130. The molecule has 0 bridgehead atoms. The summed E-state index contributed by atoms with van der Waals surface area (Å²) in [4.78, 5) is 26.6. The maximum Gasteiger partial charge on any atom is 0.223 e. The molecule has 0 atom stereocenters. The molecule has 0 saturated carbocycles. The fourth-order valence-corrected chi connectivity index (χ4v) is 3.52. The number of aryl methyl sites for hydroxylation is 2. The highest BCUT2D eigenvalue weighted by molar-refractivity contribution is 5.98. The number of ketones is 1. The predicted molar refractivity (Wildman–Crippen MR) is 98.0 cm³/mol. The van der Waals surface area contributed by atoms with Gasteiger partial charge in [-0.25, -0.2) is 0 Å². The highest BCUT2D eigenvalue weighted by Crippen LogP contribution is 2.23. The van der Waals surface area contributed by atoms with Gasteiger partial charge in [0.25, 0.3) is 0 Å². The molecular weight excluding hydrogens is 324 g/mol. The monoisotopic (exact) mass is 350 g/mol. The lowest BCUT2D eigenvalue weighted by Crippen LogP contribution is -2.34. The van der Waals surface area contributed by atoms with Gasteiger partial charge in [-0.15, -0.1) is 12.4 Å². The van der Waals surface area contributed by atoms with E-state index in [4.69, 9.17) is 0 Å². The van der Waals surface area contributed by atoms with Gasteiger partial charge in [-0.05, 0) is 55.8 Å². The van der Waals surface area contributed by atoms with Gasteiger partial charge in [-0.3, -0.25) is 9.59 Å². The van der Waals surface area contributed by atoms with Gasteiger partial charge in [0.05, 0.1) is 0 Å². The van der Waals surface area contributed by atoms with Crippen LogP contribution >= 0.6 is 12.4 Å². The van der Waals surface area contributed by atoms with Crippen LogP contribution in [0.4, 0.5) is 0 Å². The normalized spacial score (nSPS) is 17.4. The minimum atomic E-state index is 0. The molecule has 1 heterocycles. The Bertz CT molecular complexity index is 581. The zero-order valence-electron chi connectivity index (χ0n) is 14.2. The highest BCUT2D eigenvalue weighted by Gasteiger charge is 2.18. The molecule has 0 unspecified atom stereocenters. The Morgan fingerprint density at radius 2 is 1.75 bits per heavy atom. The summed E-state index contributed by atoms with van der Waals surface area (Å²) in [5.41, 5.74) is 3.49. The molecule has 1 aromatic carbocycles. The lowest BCUT2D eigenvalue weighted by atomic mass is 9.89. The zero-order valence-corrected chi connectivity index (χ0v) is 15.0. The van der Waals surface area contributed by atoms with Crippen LogP contribution in [-0.4, -0.2) is 42.8 Å². The van der Waals surface area contributed by atoms with Crippen LogP contribution in [0.3, 0.4) is 0 Å². The number of fused-ring (bicyclic) bond motifs is 1. The first kappa shape index (κ1) is 18.9. The van der Waals surface area contributed by atoms with Gasteiger partial charge in [0.1, 0.15) is 0 Å². The molecule has 2 aliphatic rings. The standard InChI is InChI=1S/C19H26N2O2.ClH/c22-18(8-9-19(23)21-12-3-10-20-11-13-21)17-7-6-15-4-1-2-5-16(15)14-17;/h6-7,14,20H,1-5,8-13H2;1H. The number of carbonyl (C=O) groups excluding carboxylic acids is 2. The Hall–Kier alpha value is -1.39. The first-order valence-corrected chi connectivity index (χ1v) is 8.87. The Labute approximate surface area is 150 Å². The van der Waals surface area contributed by atoms with Crippen molar-refractivity contribution in [3.63, 3.8) is 0 Å². The average Bonchev–Trinajstić information content (AvgIpc) is 2.88. The number of hydrogen-bond donors (Lipinski definition) is 1. The van der Waals surface area contributed by atoms with Crippen molar-refractivity contribution in [3.05, 3.63) is 34.9 Å². The van der Waals surface area contributed by atoms with E-state index in [9.17, 15) is 9.59 Å². The van der Waals surface area contributed by atoms with Crippen LogP contribution in [0.5, 0.6) is 0 Å². The van der Waals surface area contributed by atoms with Crippen LogP contribution in [0.2, 0.25) is 0 Å². The quantitative estimate of drug-likeness (QED) is 0.849. The molecular formula is C19H27ClN2O2. The molecule has 1 amide bonds. The lowest BCUT2D eigenvalue weighted by Gasteiger charge is -2.20. The molecule has 3 rings (SSSR count). The van der Waals surface area contributed by atoms with Gasteiger partial charge < -0.3 is 10.2 Å². The molecule has 0 radical (unpaired) electrons. The number of nitrogens with one attached hydrogen (secondary N) is 1. The fourth-order valence-electron chi connectivity index (χ4n) is 3.52. The Morgan fingerprint density at radius 1 is 0.958 bits per heavy atom. The van der Waals surface area contributed by atoms with Gasteiger partial charge >= 0.3 is 0 Å². The Morgan fingerprint density at radius 3 is 2.58 bits per heavy atom. The summed E-state index contributed by atoms with van der Waals surface area (Å²) in [6, 6.07) is 6.09. The van der Waals surface area contributed by atoms with E-state index >= 15 is 0 Å². The molecule has 0 spiro atoms. The predicted octanol–water partition coefficient (Wildman–Crippen LogP) is 2.77. The molecule has 24 heavy (non-hydrogen) atoms. The minimum absolute atomic E-state index is 0. The summed E-state index contributed by atoms with van der Waals surface area (Å²) < 4.78 is 0. The number of halogens is 1. The van der Waals surface area contributed by atoms with Crippen molar-refractivity contribution in [1.29, 1.82) is 0 Å². The third-order valence-corrected chi connectivity index (χ3v) is 4.93. The van der Waals surface area contributed by atoms with E-state index in [2.05, 4.69) is 17.4 Å². The average molecular weight is 351 g/mol. The Kier molecular flexibility index (Phi) is 7.25. The SMILES string of the molecule is Cl.O=C(CCC(=O)N1CCCNCC1)c1ccc2c(c1)CCCC2. The van der Waals surface area contributed by atoms with Crippen LogP contribution in [0.15, 0.2) is 18.2 Å². The van der Waals surface area contributed by atoms with Gasteiger partial charge in [0, 0.05) is 38.0 Å². The van der Waals surface area contributed by atoms with Crippen molar-refractivity contribution in [1.82, 2.24) is 10.2 Å². The van der Waals surface area contributed by atoms with Crippen molar-refractivity contribution in [3.8, 4) is 0 Å². The third-order valence-electron chi connectivity index (χ3n) is 4.93. The minimum Gasteiger partial charge on any atom is -0.341 e. The molecule has 1 saturated heterocycles. The first-order chi connectivity index (χ1) is 11.2. The third kappa shape index (κ3) is 4.81. The number of hydrogen-bond acceptors (Lipinski definition) is 3. The maximum absolute atomic E-state index is 12.4. The highest BCUT2D eigenvalue weighted by atomic mass is 35.5. The largest absolute Gasteiger partial charge is 0.341 e. The van der Waals surface area contributed by atoms with E-state index in [1.807, 2.05) is 11.0 Å². The van der Waals surface area contributed by atoms with Crippen molar-refractivity contribution in [2.75, 3.05) is 26.2 Å². The van der Waals surface area contributed by atoms with E-state index in [1.165, 1.54) is 24.0 Å². The van der Waals surface area contributed by atoms with Crippen LogP contribution < -0.4 is 5.32 Å². The van der Waals surface area contributed by atoms with E-state index in [-0.39, 0.29) is 24.1 Å². The molecule has 1 aliphatic heterocycles. The number of Topliss-reactive ketones (excluding diaryl/α,β-unsaturated/α-hetero) is 1. The molecule has 132 valence electrons. The van der Waals surface area contributed by atoms with Crippen LogP contribution in [0.25, 0.3) is 0 Å². The summed E-state index contributed by atoms with van der Waals surface area (Å²) in [5, 5.41) is 3.29. The number of nitrogens with zero attached hydrogens (tertiary/aromatic N) is 1. The second kappa shape index (κ2) is 9.19. The van der Waals surface area contributed by atoms with Crippen molar-refractivity contribution >= 4 is 24.1 Å². The van der Waals surface area contributed by atoms with Gasteiger partial charge in [0.2, 0.25) is 5.91 Å². The van der Waals surface area contributed by atoms with Crippen molar-refractivity contribution in [2.45, 2.75) is 44.9 Å². The summed E-state index contributed by atoms with van der Waals surface area (Å²) in [6.07, 6.45) is 6.31. The summed E-state index contributed by atoms with van der Waals surface area (Å²) >= 11 is 0. The maximum atomic E-state index is 12.4. The molecule has 1 aliphatic carbocycles. The molecule has 0 aromatic heterocycles. The van der Waals surface area contributed by atoms with Crippen molar-refractivity contribution < 1.29 is 9.59 Å². The summed E-state index contributed by atoms with van der Waals surface area (Å²) in [5.74, 6) is 0.208. The van der Waals surface area contributed by atoms with Gasteiger partial charge in [-0.1, -0.05) is 12.1 Å². The molecule has 1 fully saturated rings. The van der Waals surface area contributed by atoms with E-state index in [0.29, 0.717) is 12.8 Å². The molecule has 5 heteroatoms. The van der Waals surface area contributed by atoms with Gasteiger partial charge in [0.15, 0.2) is 5.78 Å². The topological polar surface area (TPSA) is 49.4 Å². The molecule has 4 nitrogen and oxygen atoms in total. The zero-order chi connectivity index (χ0) is 16.1. The first-order valence-electron chi connectivity index (χ1n) is 8.87. The molecule has 1 aromatic rings. The van der Waals surface area contributed by atoms with E-state index in [0.717, 1.165) is 51.0 Å². The second-order valence-corrected chi connectivity index (χ2v) is 6.60. The second-order valence-electron chi connectivity index (χ2n) is 6.60. The Balaban J connectivity index is 0.00000208.